The van der Waals surface area contributed by atoms with Crippen LogP contribution < -0.4 is 5.73 Å². The van der Waals surface area contributed by atoms with Crippen LogP contribution in [0.2, 0.25) is 0 Å². The molecular formula is C15H13BrN4. The van der Waals surface area contributed by atoms with E-state index >= 15 is 0 Å². The number of hydrogen-bond donors (Lipinski definition) is 1. The summed E-state index contributed by atoms with van der Waals surface area (Å²) >= 11 is 3.51. The van der Waals surface area contributed by atoms with Gasteiger partial charge in [-0.05, 0) is 43.2 Å². The molecule has 1 aromatic carbocycles. The van der Waals surface area contributed by atoms with Gasteiger partial charge in [-0.1, -0.05) is 15.9 Å². The van der Waals surface area contributed by atoms with Crippen molar-refractivity contribution in [1.82, 2.24) is 14.5 Å². The minimum absolute atomic E-state index is 0.533. The molecule has 2 heterocycles. The van der Waals surface area contributed by atoms with Crippen LogP contribution in [0.3, 0.4) is 0 Å². The molecule has 20 heavy (non-hydrogen) atoms. The summed E-state index contributed by atoms with van der Waals surface area (Å²) in [5.74, 6) is 1.51. The molecule has 1 saturated carbocycles. The fraction of sp³-hybridized carbons (Fsp3) is 0.200. The number of nitrogen functional groups attached to an aromatic ring is 1. The van der Waals surface area contributed by atoms with Crippen molar-refractivity contribution in [2.75, 3.05) is 5.73 Å². The maximum absolute atomic E-state index is 5.67. The van der Waals surface area contributed by atoms with Crippen LogP contribution in [0.25, 0.3) is 22.4 Å². The standard InChI is InChI=1S/C15H13BrN4/c16-10-2-5-13-12(7-10)19-15(20(13)11-3-4-11)9-1-6-14(17)18-8-9/h1-2,5-8,11H,3-4H2,(H2,17,18). The Hall–Kier alpha value is -1.88. The minimum atomic E-state index is 0.533. The van der Waals surface area contributed by atoms with Crippen molar-refractivity contribution in [3.05, 3.63) is 41.0 Å². The number of benzene rings is 1. The second kappa shape index (κ2) is 4.31. The number of hydrogen-bond acceptors (Lipinski definition) is 3. The molecule has 1 aliphatic rings. The van der Waals surface area contributed by atoms with Crippen LogP contribution in [-0.4, -0.2) is 14.5 Å². The number of aromatic nitrogens is 3. The van der Waals surface area contributed by atoms with Crippen LogP contribution in [0.4, 0.5) is 5.82 Å². The van der Waals surface area contributed by atoms with Gasteiger partial charge in [-0.15, -0.1) is 0 Å². The van der Waals surface area contributed by atoms with Crippen molar-refractivity contribution < 1.29 is 0 Å². The highest BCUT2D eigenvalue weighted by Crippen LogP contribution is 2.41. The second-order valence-electron chi connectivity index (χ2n) is 5.14. The van der Waals surface area contributed by atoms with Crippen LogP contribution in [0.15, 0.2) is 41.0 Å². The van der Waals surface area contributed by atoms with E-state index in [1.54, 1.807) is 6.20 Å². The third-order valence-electron chi connectivity index (χ3n) is 3.61. The Morgan fingerprint density at radius 3 is 2.75 bits per heavy atom. The van der Waals surface area contributed by atoms with Crippen molar-refractivity contribution in [2.24, 2.45) is 0 Å². The number of pyridine rings is 1. The van der Waals surface area contributed by atoms with Gasteiger partial charge in [0.15, 0.2) is 0 Å². The first kappa shape index (κ1) is 11.9. The molecule has 0 atom stereocenters. The van der Waals surface area contributed by atoms with Gasteiger partial charge in [0, 0.05) is 22.3 Å². The van der Waals surface area contributed by atoms with Crippen LogP contribution in [0.5, 0.6) is 0 Å². The first-order chi connectivity index (χ1) is 9.72. The minimum Gasteiger partial charge on any atom is -0.384 e. The van der Waals surface area contributed by atoms with Gasteiger partial charge in [-0.2, -0.15) is 0 Å². The van der Waals surface area contributed by atoms with E-state index in [-0.39, 0.29) is 0 Å². The number of nitrogens with zero attached hydrogens (tertiary/aromatic N) is 3. The zero-order chi connectivity index (χ0) is 13.7. The van der Waals surface area contributed by atoms with Gasteiger partial charge in [0.2, 0.25) is 0 Å². The second-order valence-corrected chi connectivity index (χ2v) is 6.06. The zero-order valence-corrected chi connectivity index (χ0v) is 12.3. The van der Waals surface area contributed by atoms with Gasteiger partial charge in [0.1, 0.15) is 11.6 Å². The first-order valence-corrected chi connectivity index (χ1v) is 7.41. The lowest BCUT2D eigenvalue weighted by Crippen LogP contribution is -1.98. The van der Waals surface area contributed by atoms with Gasteiger partial charge in [0.05, 0.1) is 11.0 Å². The first-order valence-electron chi connectivity index (χ1n) is 6.62. The topological polar surface area (TPSA) is 56.7 Å². The third kappa shape index (κ3) is 1.89. The lowest BCUT2D eigenvalue weighted by atomic mass is 10.2. The van der Waals surface area contributed by atoms with E-state index < -0.39 is 0 Å². The van der Waals surface area contributed by atoms with Crippen LogP contribution in [0, 0.1) is 0 Å². The molecule has 0 radical (unpaired) electrons. The summed E-state index contributed by atoms with van der Waals surface area (Å²) in [4.78, 5) is 8.97. The highest BCUT2D eigenvalue weighted by Gasteiger charge is 2.28. The number of anilines is 1. The van der Waals surface area contributed by atoms with Gasteiger partial charge in [-0.25, -0.2) is 9.97 Å². The fourth-order valence-electron chi connectivity index (χ4n) is 2.52. The van der Waals surface area contributed by atoms with Crippen LogP contribution in [0.1, 0.15) is 18.9 Å². The Morgan fingerprint density at radius 2 is 2.05 bits per heavy atom. The SMILES string of the molecule is Nc1ccc(-c2nc3cc(Br)ccc3n2C2CC2)cn1. The van der Waals surface area contributed by atoms with E-state index in [0.29, 0.717) is 11.9 Å². The Morgan fingerprint density at radius 1 is 1.20 bits per heavy atom. The predicted octanol–water partition coefficient (Wildman–Crippen LogP) is 3.78. The molecule has 5 heteroatoms. The van der Waals surface area contributed by atoms with Gasteiger partial charge in [-0.3, -0.25) is 0 Å². The van der Waals surface area contributed by atoms with E-state index in [4.69, 9.17) is 10.7 Å². The molecule has 1 fully saturated rings. The molecule has 4 rings (SSSR count). The van der Waals surface area contributed by atoms with Crippen LogP contribution >= 0.6 is 15.9 Å². The molecule has 0 spiro atoms. The summed E-state index contributed by atoms with van der Waals surface area (Å²) in [6.07, 6.45) is 4.23. The molecule has 0 saturated heterocycles. The third-order valence-corrected chi connectivity index (χ3v) is 4.10. The Kier molecular flexibility index (Phi) is 2.57. The van der Waals surface area contributed by atoms with Crippen molar-refractivity contribution in [3.8, 4) is 11.4 Å². The van der Waals surface area contributed by atoms with Crippen LogP contribution in [-0.2, 0) is 0 Å². The van der Waals surface area contributed by atoms with Crippen molar-refractivity contribution in [1.29, 1.82) is 0 Å². The maximum atomic E-state index is 5.67. The normalized spacial score (nSPS) is 14.8. The fourth-order valence-corrected chi connectivity index (χ4v) is 2.86. The summed E-state index contributed by atoms with van der Waals surface area (Å²) < 4.78 is 3.38. The molecule has 0 unspecified atom stereocenters. The number of imidazole rings is 1. The van der Waals surface area contributed by atoms with E-state index in [1.807, 2.05) is 12.1 Å². The molecule has 2 N–H and O–H groups in total. The number of nitrogens with two attached hydrogens (primary N) is 1. The maximum Gasteiger partial charge on any atom is 0.142 e. The molecule has 3 aromatic rings. The largest absolute Gasteiger partial charge is 0.384 e. The molecule has 100 valence electrons. The number of fused-ring (bicyclic) bond motifs is 1. The molecular weight excluding hydrogens is 316 g/mol. The lowest BCUT2D eigenvalue weighted by Gasteiger charge is -2.07. The average molecular weight is 329 g/mol. The summed E-state index contributed by atoms with van der Waals surface area (Å²) in [5, 5.41) is 0. The summed E-state index contributed by atoms with van der Waals surface area (Å²) in [6, 6.07) is 10.6. The van der Waals surface area contributed by atoms with Gasteiger partial charge >= 0.3 is 0 Å². The quantitative estimate of drug-likeness (QED) is 0.778. The molecule has 0 bridgehead atoms. The van der Waals surface area contributed by atoms with Crippen molar-refractivity contribution in [2.45, 2.75) is 18.9 Å². The summed E-state index contributed by atoms with van der Waals surface area (Å²) in [6.45, 7) is 0. The average Bonchev–Trinajstić information content (AvgIpc) is 3.20. The smallest absolute Gasteiger partial charge is 0.142 e. The highest BCUT2D eigenvalue weighted by atomic mass is 79.9. The van der Waals surface area contributed by atoms with Gasteiger partial charge < -0.3 is 10.3 Å². The Bertz CT molecular complexity index is 787. The summed E-state index contributed by atoms with van der Waals surface area (Å²) in [7, 11) is 0. The molecule has 4 nitrogen and oxygen atoms in total. The van der Waals surface area contributed by atoms with Crippen molar-refractivity contribution >= 4 is 32.8 Å². The van der Waals surface area contributed by atoms with E-state index in [0.717, 1.165) is 21.4 Å². The number of halogens is 1. The van der Waals surface area contributed by atoms with E-state index in [2.05, 4.69) is 43.7 Å². The highest BCUT2D eigenvalue weighted by molar-refractivity contribution is 9.10. The van der Waals surface area contributed by atoms with Crippen molar-refractivity contribution in [3.63, 3.8) is 0 Å². The molecule has 0 aliphatic heterocycles. The zero-order valence-electron chi connectivity index (χ0n) is 10.8. The molecule has 2 aromatic heterocycles. The lowest BCUT2D eigenvalue weighted by molar-refractivity contribution is 0.775. The van der Waals surface area contributed by atoms with Gasteiger partial charge in [0.25, 0.3) is 0 Å². The number of rotatable bonds is 2. The van der Waals surface area contributed by atoms with E-state index in [9.17, 15) is 0 Å². The Balaban J connectivity index is 1.97. The molecule has 1 aliphatic carbocycles. The molecule has 0 amide bonds. The van der Waals surface area contributed by atoms with E-state index in [1.165, 1.54) is 18.4 Å². The predicted molar refractivity (Wildman–Crippen MR) is 83.3 cm³/mol. The monoisotopic (exact) mass is 328 g/mol. The Labute approximate surface area is 124 Å². The summed E-state index contributed by atoms with van der Waals surface area (Å²) in [5.41, 5.74) is 8.87.